The van der Waals surface area contributed by atoms with Gasteiger partial charge in [-0.05, 0) is 44.0 Å². The van der Waals surface area contributed by atoms with E-state index < -0.39 is 0 Å². The second-order valence-corrected chi connectivity index (χ2v) is 5.35. The number of nitrogens with one attached hydrogen (secondary N) is 2. The molecule has 2 unspecified atom stereocenters. The van der Waals surface area contributed by atoms with Gasteiger partial charge in [-0.25, -0.2) is 0 Å². The van der Waals surface area contributed by atoms with Gasteiger partial charge in [0.15, 0.2) is 11.5 Å². The Kier molecular flexibility index (Phi) is 5.31. The molecule has 1 fully saturated rings. The van der Waals surface area contributed by atoms with E-state index >= 15 is 0 Å². The highest BCUT2D eigenvalue weighted by Gasteiger charge is 2.23. The fraction of sp³-hybridized carbons (Fsp3) is 0.533. The minimum absolute atomic E-state index is 0. The van der Waals surface area contributed by atoms with Crippen LogP contribution in [0.15, 0.2) is 18.2 Å². The number of fused-ring (bicyclic) bond motifs is 1. The average molecular weight is 313 g/mol. The summed E-state index contributed by atoms with van der Waals surface area (Å²) in [6.45, 7) is 3.18. The molecule has 2 aliphatic rings. The van der Waals surface area contributed by atoms with E-state index in [2.05, 4.69) is 10.6 Å². The van der Waals surface area contributed by atoms with Crippen molar-refractivity contribution in [3.05, 3.63) is 23.8 Å². The molecule has 1 saturated heterocycles. The summed E-state index contributed by atoms with van der Waals surface area (Å²) in [5.41, 5.74) is 1.03. The van der Waals surface area contributed by atoms with E-state index in [-0.39, 0.29) is 37.2 Å². The van der Waals surface area contributed by atoms with E-state index in [4.69, 9.17) is 9.47 Å². The monoisotopic (exact) mass is 312 g/mol. The summed E-state index contributed by atoms with van der Waals surface area (Å²) < 4.78 is 10.7. The molecule has 2 N–H and O–H groups in total. The normalized spacial score (nSPS) is 21.3. The van der Waals surface area contributed by atoms with Crippen molar-refractivity contribution in [3.63, 3.8) is 0 Å². The molecule has 0 radical (unpaired) electrons. The number of ether oxygens (including phenoxy) is 2. The van der Waals surface area contributed by atoms with Gasteiger partial charge in [0.2, 0.25) is 12.7 Å². The fourth-order valence-electron chi connectivity index (χ4n) is 2.66. The molecule has 2 heterocycles. The van der Waals surface area contributed by atoms with Crippen molar-refractivity contribution in [1.29, 1.82) is 0 Å². The standard InChI is InChI=1S/C15H20N2O3.ClH/c1-10(17-15(18)12-4-2-3-7-16-12)11-5-6-13-14(8-11)20-9-19-13;/h5-6,8,10,12,16H,2-4,7,9H2,1H3,(H,17,18);1H. The van der Waals surface area contributed by atoms with Gasteiger partial charge >= 0.3 is 0 Å². The molecule has 3 rings (SSSR count). The first kappa shape index (κ1) is 15.9. The number of carbonyl (C=O) groups is 1. The van der Waals surface area contributed by atoms with Crippen molar-refractivity contribution in [1.82, 2.24) is 10.6 Å². The first-order valence-electron chi connectivity index (χ1n) is 7.17. The molecule has 116 valence electrons. The summed E-state index contributed by atoms with van der Waals surface area (Å²) in [7, 11) is 0. The number of rotatable bonds is 3. The third-order valence-electron chi connectivity index (χ3n) is 3.88. The molecular weight excluding hydrogens is 292 g/mol. The molecule has 1 amide bonds. The smallest absolute Gasteiger partial charge is 0.237 e. The quantitative estimate of drug-likeness (QED) is 0.898. The number of hydrogen-bond donors (Lipinski definition) is 2. The molecule has 21 heavy (non-hydrogen) atoms. The summed E-state index contributed by atoms with van der Waals surface area (Å²) in [6, 6.07) is 5.69. The number of halogens is 1. The minimum atomic E-state index is -0.0554. The van der Waals surface area contributed by atoms with Gasteiger partial charge in [-0.3, -0.25) is 4.79 Å². The Bertz CT molecular complexity index is 504. The molecule has 0 aliphatic carbocycles. The van der Waals surface area contributed by atoms with Gasteiger partial charge in [0.1, 0.15) is 0 Å². The van der Waals surface area contributed by atoms with Crippen molar-refractivity contribution in [2.24, 2.45) is 0 Å². The second kappa shape index (κ2) is 7.00. The summed E-state index contributed by atoms with van der Waals surface area (Å²) in [4.78, 5) is 12.2. The lowest BCUT2D eigenvalue weighted by atomic mass is 10.0. The molecule has 6 heteroatoms. The van der Waals surface area contributed by atoms with Crippen LogP contribution in [0.4, 0.5) is 0 Å². The maximum absolute atomic E-state index is 12.2. The Hall–Kier alpha value is -1.46. The number of piperidine rings is 1. The Morgan fingerprint density at radius 1 is 1.33 bits per heavy atom. The first-order chi connectivity index (χ1) is 9.74. The fourth-order valence-corrected chi connectivity index (χ4v) is 2.66. The van der Waals surface area contributed by atoms with E-state index in [9.17, 15) is 4.79 Å². The lowest BCUT2D eigenvalue weighted by molar-refractivity contribution is -0.124. The molecule has 0 saturated carbocycles. The zero-order chi connectivity index (χ0) is 13.9. The lowest BCUT2D eigenvalue weighted by Crippen LogP contribution is -2.47. The maximum Gasteiger partial charge on any atom is 0.237 e. The summed E-state index contributed by atoms with van der Waals surface area (Å²) in [6.07, 6.45) is 3.19. The number of amides is 1. The Balaban J connectivity index is 0.00000161. The minimum Gasteiger partial charge on any atom is -0.454 e. The van der Waals surface area contributed by atoms with Crippen LogP contribution in [0.2, 0.25) is 0 Å². The van der Waals surface area contributed by atoms with Crippen molar-refractivity contribution in [3.8, 4) is 11.5 Å². The highest BCUT2D eigenvalue weighted by Crippen LogP contribution is 2.34. The van der Waals surface area contributed by atoms with Crippen molar-refractivity contribution >= 4 is 18.3 Å². The van der Waals surface area contributed by atoms with Crippen molar-refractivity contribution in [2.45, 2.75) is 38.3 Å². The van der Waals surface area contributed by atoms with Crippen molar-refractivity contribution < 1.29 is 14.3 Å². The van der Waals surface area contributed by atoms with E-state index in [1.165, 1.54) is 0 Å². The maximum atomic E-state index is 12.2. The Labute approximate surface area is 130 Å². The van der Waals surface area contributed by atoms with Crippen LogP contribution < -0.4 is 20.1 Å². The van der Waals surface area contributed by atoms with Crippen LogP contribution >= 0.6 is 12.4 Å². The van der Waals surface area contributed by atoms with Gasteiger partial charge in [-0.15, -0.1) is 12.4 Å². The van der Waals surface area contributed by atoms with Gasteiger partial charge in [0.05, 0.1) is 12.1 Å². The molecule has 0 spiro atoms. The molecule has 2 aliphatic heterocycles. The third-order valence-corrected chi connectivity index (χ3v) is 3.88. The van der Waals surface area contributed by atoms with Gasteiger partial charge in [0, 0.05) is 0 Å². The zero-order valence-corrected chi connectivity index (χ0v) is 12.9. The molecule has 1 aromatic carbocycles. The van der Waals surface area contributed by atoms with Gasteiger partial charge in [0.25, 0.3) is 0 Å². The molecular formula is C15H21ClN2O3. The first-order valence-corrected chi connectivity index (χ1v) is 7.17. The van der Waals surface area contributed by atoms with Crippen LogP contribution in [0.5, 0.6) is 11.5 Å². The predicted molar refractivity (Wildman–Crippen MR) is 82.0 cm³/mol. The van der Waals surface area contributed by atoms with Crippen LogP contribution in [0, 0.1) is 0 Å². The largest absolute Gasteiger partial charge is 0.454 e. The van der Waals surface area contributed by atoms with E-state index in [0.29, 0.717) is 0 Å². The van der Waals surface area contributed by atoms with Gasteiger partial charge in [-0.2, -0.15) is 0 Å². The van der Waals surface area contributed by atoms with Crippen LogP contribution in [0.25, 0.3) is 0 Å². The number of hydrogen-bond acceptors (Lipinski definition) is 4. The van der Waals surface area contributed by atoms with E-state index in [1.54, 1.807) is 0 Å². The highest BCUT2D eigenvalue weighted by molar-refractivity contribution is 5.85. The number of carbonyl (C=O) groups excluding carboxylic acids is 1. The molecule has 0 bridgehead atoms. The summed E-state index contributed by atoms with van der Waals surface area (Å²) in [5.74, 6) is 1.59. The van der Waals surface area contributed by atoms with Crippen LogP contribution in [0.3, 0.4) is 0 Å². The summed E-state index contributed by atoms with van der Waals surface area (Å²) in [5, 5.41) is 6.32. The molecule has 0 aromatic heterocycles. The lowest BCUT2D eigenvalue weighted by Gasteiger charge is -2.24. The van der Waals surface area contributed by atoms with Crippen LogP contribution in [0.1, 0.15) is 37.8 Å². The van der Waals surface area contributed by atoms with Gasteiger partial charge < -0.3 is 20.1 Å². The third kappa shape index (κ3) is 3.60. The van der Waals surface area contributed by atoms with Crippen LogP contribution in [-0.4, -0.2) is 25.3 Å². The average Bonchev–Trinajstić information content (AvgIpc) is 2.95. The topological polar surface area (TPSA) is 59.6 Å². The van der Waals surface area contributed by atoms with Gasteiger partial charge in [-0.1, -0.05) is 12.5 Å². The summed E-state index contributed by atoms with van der Waals surface area (Å²) >= 11 is 0. The Morgan fingerprint density at radius 2 is 2.14 bits per heavy atom. The molecule has 2 atom stereocenters. The number of benzene rings is 1. The van der Waals surface area contributed by atoms with Crippen LogP contribution in [-0.2, 0) is 4.79 Å². The zero-order valence-electron chi connectivity index (χ0n) is 12.1. The van der Waals surface area contributed by atoms with E-state index in [1.807, 2.05) is 25.1 Å². The molecule has 5 nitrogen and oxygen atoms in total. The van der Waals surface area contributed by atoms with E-state index in [0.717, 1.165) is 42.9 Å². The SMILES string of the molecule is CC(NC(=O)C1CCCCN1)c1ccc2c(c1)OCO2.Cl. The second-order valence-electron chi connectivity index (χ2n) is 5.35. The predicted octanol–water partition coefficient (Wildman–Crippen LogP) is 2.16. The highest BCUT2D eigenvalue weighted by atomic mass is 35.5. The van der Waals surface area contributed by atoms with Crippen molar-refractivity contribution in [2.75, 3.05) is 13.3 Å². The molecule has 1 aromatic rings. The Morgan fingerprint density at radius 3 is 2.90 bits per heavy atom.